The predicted octanol–water partition coefficient (Wildman–Crippen LogP) is 2.74. The van der Waals surface area contributed by atoms with Crippen LogP contribution in [0.25, 0.3) is 0 Å². The zero-order valence-electron chi connectivity index (χ0n) is 20.2. The second-order valence-electron chi connectivity index (χ2n) is 10.6. The number of hydrogen-bond acceptors (Lipinski definition) is 5. The lowest BCUT2D eigenvalue weighted by molar-refractivity contribution is -0.139. The van der Waals surface area contributed by atoms with E-state index in [9.17, 15) is 14.4 Å². The molecular weight excluding hydrogens is 430 g/mol. The van der Waals surface area contributed by atoms with Gasteiger partial charge < -0.3 is 19.9 Å². The molecule has 4 aliphatic rings. The van der Waals surface area contributed by atoms with Crippen LogP contribution in [-0.4, -0.2) is 78.9 Å². The summed E-state index contributed by atoms with van der Waals surface area (Å²) < 4.78 is 5.58. The Morgan fingerprint density at radius 3 is 2.38 bits per heavy atom. The van der Waals surface area contributed by atoms with Gasteiger partial charge in [-0.3, -0.25) is 14.4 Å². The van der Waals surface area contributed by atoms with Gasteiger partial charge in [0.05, 0.1) is 6.10 Å². The van der Waals surface area contributed by atoms with Gasteiger partial charge in [0.1, 0.15) is 18.7 Å². The van der Waals surface area contributed by atoms with Gasteiger partial charge in [-0.2, -0.15) is 0 Å². The smallest absolute Gasteiger partial charge is 0.251 e. The molecule has 3 heterocycles. The molecule has 4 fully saturated rings. The number of likely N-dealkylation sites (tertiary alicyclic amines) is 2. The predicted molar refractivity (Wildman–Crippen MR) is 129 cm³/mol. The number of amides is 2. The number of rotatable bonds is 5. The fraction of sp³-hybridized carbons (Fsp3) is 0.667. The van der Waals surface area contributed by atoms with Crippen molar-refractivity contribution in [3.8, 4) is 0 Å². The standard InChI is InChI=1S/C27H37N3O4/c1-29-14-11-19(12-15-29)18-7-9-21(10-8-18)26(32)28-24(20-5-3-2-4-6-20)27(33)30-16-13-23-25(30)22(31)17-34-23/h7-10,19-20,23-25H,2-6,11-17H2,1H3,(H,28,32)/t23-,24+,25-/m1/s1. The molecule has 184 valence electrons. The van der Waals surface area contributed by atoms with Crippen molar-refractivity contribution in [2.24, 2.45) is 5.92 Å². The molecule has 3 atom stereocenters. The van der Waals surface area contributed by atoms with E-state index in [2.05, 4.69) is 29.4 Å². The van der Waals surface area contributed by atoms with E-state index in [1.807, 2.05) is 12.1 Å². The van der Waals surface area contributed by atoms with E-state index in [-0.39, 0.29) is 36.2 Å². The van der Waals surface area contributed by atoms with Crippen LogP contribution in [0.1, 0.15) is 73.2 Å². The topological polar surface area (TPSA) is 79.0 Å². The van der Waals surface area contributed by atoms with Crippen LogP contribution in [0.5, 0.6) is 0 Å². The summed E-state index contributed by atoms with van der Waals surface area (Å²) in [6.07, 6.45) is 7.95. The second-order valence-corrected chi connectivity index (χ2v) is 10.6. The number of ketones is 1. The van der Waals surface area contributed by atoms with Gasteiger partial charge in [-0.25, -0.2) is 0 Å². The molecule has 5 rings (SSSR count). The van der Waals surface area contributed by atoms with E-state index < -0.39 is 12.1 Å². The second kappa shape index (κ2) is 10.2. The molecule has 0 unspecified atom stereocenters. The number of benzene rings is 1. The highest BCUT2D eigenvalue weighted by Gasteiger charge is 2.49. The van der Waals surface area contributed by atoms with Crippen LogP contribution in [0.3, 0.4) is 0 Å². The monoisotopic (exact) mass is 467 g/mol. The SMILES string of the molecule is CN1CCC(c2ccc(C(=O)N[C@H](C(=O)N3CC[C@H]4OCC(=O)[C@H]43)C3CCCCC3)cc2)CC1. The maximum Gasteiger partial charge on any atom is 0.251 e. The van der Waals surface area contributed by atoms with Crippen LogP contribution < -0.4 is 5.32 Å². The molecule has 2 amide bonds. The Morgan fingerprint density at radius 1 is 0.971 bits per heavy atom. The maximum atomic E-state index is 13.7. The minimum Gasteiger partial charge on any atom is -0.368 e. The number of fused-ring (bicyclic) bond motifs is 1. The Labute approximate surface area is 202 Å². The zero-order chi connectivity index (χ0) is 23.7. The normalized spacial score (nSPS) is 27.6. The van der Waals surface area contributed by atoms with E-state index in [0.717, 1.165) is 51.6 Å². The van der Waals surface area contributed by atoms with E-state index >= 15 is 0 Å². The molecule has 1 aromatic rings. The van der Waals surface area contributed by atoms with Gasteiger partial charge in [0, 0.05) is 12.1 Å². The Balaban J connectivity index is 1.29. The fourth-order valence-corrected chi connectivity index (χ4v) is 6.34. The largest absolute Gasteiger partial charge is 0.368 e. The third-order valence-electron chi connectivity index (χ3n) is 8.43. The average molecular weight is 468 g/mol. The first-order valence-electron chi connectivity index (χ1n) is 13.1. The Morgan fingerprint density at radius 2 is 1.68 bits per heavy atom. The van der Waals surface area contributed by atoms with E-state index in [4.69, 9.17) is 4.74 Å². The number of piperidine rings is 1. The van der Waals surface area contributed by atoms with Crippen molar-refractivity contribution in [2.45, 2.75) is 75.5 Å². The summed E-state index contributed by atoms with van der Waals surface area (Å²) in [4.78, 5) is 43.4. The number of Topliss-reactive ketones (excluding diaryl/α,β-unsaturated/α-hetero) is 1. The molecule has 0 bridgehead atoms. The molecule has 3 aliphatic heterocycles. The summed E-state index contributed by atoms with van der Waals surface area (Å²) in [6.45, 7) is 2.81. The number of ether oxygens (including phenoxy) is 1. The summed E-state index contributed by atoms with van der Waals surface area (Å²) in [5.41, 5.74) is 1.87. The van der Waals surface area contributed by atoms with Gasteiger partial charge in [0.25, 0.3) is 5.91 Å². The quantitative estimate of drug-likeness (QED) is 0.721. The molecule has 7 nitrogen and oxygen atoms in total. The number of hydrogen-bond donors (Lipinski definition) is 1. The molecule has 1 N–H and O–H groups in total. The molecule has 0 aromatic heterocycles. The first-order valence-corrected chi connectivity index (χ1v) is 13.1. The van der Waals surface area contributed by atoms with Crippen molar-refractivity contribution in [1.82, 2.24) is 15.1 Å². The highest BCUT2D eigenvalue weighted by Crippen LogP contribution is 2.32. The van der Waals surface area contributed by atoms with Gasteiger partial charge in [0.15, 0.2) is 5.78 Å². The lowest BCUT2D eigenvalue weighted by Gasteiger charge is -2.34. The molecule has 0 spiro atoms. The summed E-state index contributed by atoms with van der Waals surface area (Å²) in [5, 5.41) is 3.09. The van der Waals surface area contributed by atoms with Crippen LogP contribution >= 0.6 is 0 Å². The lowest BCUT2D eigenvalue weighted by Crippen LogP contribution is -2.55. The third-order valence-corrected chi connectivity index (χ3v) is 8.43. The Kier molecular flexibility index (Phi) is 7.02. The summed E-state index contributed by atoms with van der Waals surface area (Å²) in [5.74, 6) is 0.312. The number of nitrogens with one attached hydrogen (secondary N) is 1. The first kappa shape index (κ1) is 23.5. The fourth-order valence-electron chi connectivity index (χ4n) is 6.34. The van der Waals surface area contributed by atoms with Crippen LogP contribution in [0.15, 0.2) is 24.3 Å². The minimum absolute atomic E-state index is 0.0194. The third kappa shape index (κ3) is 4.78. The molecular formula is C27H37N3O4. The molecule has 7 heteroatoms. The van der Waals surface area contributed by atoms with E-state index in [0.29, 0.717) is 24.4 Å². The Hall–Kier alpha value is -2.25. The number of nitrogens with zero attached hydrogens (tertiary/aromatic N) is 2. The highest BCUT2D eigenvalue weighted by molar-refractivity contribution is 5.99. The van der Waals surface area contributed by atoms with Crippen molar-refractivity contribution in [1.29, 1.82) is 0 Å². The van der Waals surface area contributed by atoms with Gasteiger partial charge in [0.2, 0.25) is 5.91 Å². The lowest BCUT2D eigenvalue weighted by atomic mass is 9.83. The van der Waals surface area contributed by atoms with Gasteiger partial charge in [-0.15, -0.1) is 0 Å². The van der Waals surface area contributed by atoms with E-state index in [1.54, 1.807) is 4.90 Å². The van der Waals surface area contributed by atoms with Crippen LogP contribution in [-0.2, 0) is 14.3 Å². The van der Waals surface area contributed by atoms with Gasteiger partial charge >= 0.3 is 0 Å². The Bertz CT molecular complexity index is 903. The zero-order valence-corrected chi connectivity index (χ0v) is 20.2. The first-order chi connectivity index (χ1) is 16.5. The minimum atomic E-state index is -0.589. The van der Waals surface area contributed by atoms with Crippen molar-refractivity contribution >= 4 is 17.6 Å². The highest BCUT2D eigenvalue weighted by atomic mass is 16.5. The number of carbonyl (C=O) groups is 3. The molecule has 3 saturated heterocycles. The average Bonchev–Trinajstić information content (AvgIpc) is 3.46. The molecule has 34 heavy (non-hydrogen) atoms. The van der Waals surface area contributed by atoms with Crippen molar-refractivity contribution in [2.75, 3.05) is 33.3 Å². The van der Waals surface area contributed by atoms with Crippen molar-refractivity contribution < 1.29 is 19.1 Å². The summed E-state index contributed by atoms with van der Waals surface area (Å²) >= 11 is 0. The van der Waals surface area contributed by atoms with Crippen molar-refractivity contribution in [3.63, 3.8) is 0 Å². The van der Waals surface area contributed by atoms with Crippen molar-refractivity contribution in [3.05, 3.63) is 35.4 Å². The molecule has 1 aromatic carbocycles. The van der Waals surface area contributed by atoms with Gasteiger partial charge in [-0.05, 0) is 81.8 Å². The van der Waals surface area contributed by atoms with Crippen LogP contribution in [0.2, 0.25) is 0 Å². The van der Waals surface area contributed by atoms with Crippen LogP contribution in [0, 0.1) is 5.92 Å². The molecule has 0 radical (unpaired) electrons. The number of carbonyl (C=O) groups excluding carboxylic acids is 3. The van der Waals surface area contributed by atoms with E-state index in [1.165, 1.54) is 12.0 Å². The summed E-state index contributed by atoms with van der Waals surface area (Å²) in [6, 6.07) is 6.86. The maximum absolute atomic E-state index is 13.7. The van der Waals surface area contributed by atoms with Crippen LogP contribution in [0.4, 0.5) is 0 Å². The van der Waals surface area contributed by atoms with Gasteiger partial charge in [-0.1, -0.05) is 31.4 Å². The summed E-state index contributed by atoms with van der Waals surface area (Å²) in [7, 11) is 2.16. The molecule has 1 aliphatic carbocycles. The molecule has 1 saturated carbocycles.